The highest BCUT2D eigenvalue weighted by Gasteiger charge is 2.15. The van der Waals surface area contributed by atoms with Gasteiger partial charge in [-0.05, 0) is 24.6 Å². The number of methoxy groups -OCH3 is 1. The van der Waals surface area contributed by atoms with Crippen LogP contribution in [0.15, 0.2) is 23.6 Å². The van der Waals surface area contributed by atoms with Gasteiger partial charge in [0.15, 0.2) is 5.75 Å². The largest absolute Gasteiger partial charge is 0.490 e. The molecule has 0 N–H and O–H groups in total. The number of nitriles is 1. The van der Waals surface area contributed by atoms with E-state index >= 15 is 0 Å². The smallest absolute Gasteiger partial charge is 0.311 e. The zero-order valence-electron chi connectivity index (χ0n) is 11.4. The summed E-state index contributed by atoms with van der Waals surface area (Å²) in [4.78, 5) is 14.7. The Morgan fingerprint density at radius 3 is 2.86 bits per heavy atom. The number of aryl methyl sites for hydroxylation is 1. The van der Waals surface area contributed by atoms with E-state index in [1.165, 1.54) is 30.6 Å². The molecule has 0 unspecified atom stereocenters. The Hall–Kier alpha value is -2.72. The van der Waals surface area contributed by atoms with Gasteiger partial charge in [-0.3, -0.25) is 10.1 Å². The molecule has 2 aromatic rings. The molecule has 0 saturated carbocycles. The average molecular weight is 301 g/mol. The molecule has 0 spiro atoms. The van der Waals surface area contributed by atoms with Gasteiger partial charge in [0, 0.05) is 17.1 Å². The zero-order valence-corrected chi connectivity index (χ0v) is 12.2. The molecule has 0 radical (unpaired) electrons. The van der Waals surface area contributed by atoms with Gasteiger partial charge in [0.1, 0.15) is 11.1 Å². The van der Waals surface area contributed by atoms with Gasteiger partial charge in [-0.2, -0.15) is 5.26 Å². The normalized spacial score (nSPS) is 11.0. The van der Waals surface area contributed by atoms with E-state index in [4.69, 9.17) is 4.74 Å². The first-order chi connectivity index (χ1) is 10.0. The van der Waals surface area contributed by atoms with E-state index in [9.17, 15) is 15.4 Å². The quantitative estimate of drug-likeness (QED) is 0.490. The second kappa shape index (κ2) is 6.15. The van der Waals surface area contributed by atoms with Crippen LogP contribution in [0.4, 0.5) is 5.69 Å². The van der Waals surface area contributed by atoms with Crippen molar-refractivity contribution in [1.29, 1.82) is 5.26 Å². The van der Waals surface area contributed by atoms with Gasteiger partial charge in [0.2, 0.25) is 0 Å². The number of nitro groups is 1. The summed E-state index contributed by atoms with van der Waals surface area (Å²) in [7, 11) is 1.37. The molecule has 6 nitrogen and oxygen atoms in total. The molecule has 0 fully saturated rings. The fourth-order valence-corrected chi connectivity index (χ4v) is 2.49. The molecule has 1 aromatic heterocycles. The predicted molar refractivity (Wildman–Crippen MR) is 80.0 cm³/mol. The molecule has 0 aliphatic heterocycles. The SMILES string of the molecule is COc1ccc(/C=C(/C#N)c2nc(C)cs2)cc1[N+](=O)[O-]. The Labute approximate surface area is 125 Å². The summed E-state index contributed by atoms with van der Waals surface area (Å²) in [5.41, 5.74) is 1.61. The summed E-state index contributed by atoms with van der Waals surface area (Å²) in [6.45, 7) is 1.84. The fourth-order valence-electron chi connectivity index (χ4n) is 1.73. The van der Waals surface area contributed by atoms with Crippen molar-refractivity contribution < 1.29 is 9.66 Å². The minimum atomic E-state index is -0.518. The van der Waals surface area contributed by atoms with Crippen LogP contribution >= 0.6 is 11.3 Å². The molecule has 21 heavy (non-hydrogen) atoms. The lowest BCUT2D eigenvalue weighted by molar-refractivity contribution is -0.385. The highest BCUT2D eigenvalue weighted by molar-refractivity contribution is 7.11. The van der Waals surface area contributed by atoms with Gasteiger partial charge in [-0.15, -0.1) is 11.3 Å². The second-order valence-corrected chi connectivity index (χ2v) is 5.01. The molecule has 0 saturated heterocycles. The maximum atomic E-state index is 11.0. The molecule has 0 aliphatic carbocycles. The predicted octanol–water partition coefficient (Wildman–Crippen LogP) is 3.43. The lowest BCUT2D eigenvalue weighted by Gasteiger charge is -2.02. The minimum absolute atomic E-state index is 0.140. The van der Waals surface area contributed by atoms with Gasteiger partial charge < -0.3 is 4.74 Å². The number of hydrogen-bond donors (Lipinski definition) is 0. The fraction of sp³-hybridized carbons (Fsp3) is 0.143. The molecule has 106 valence electrons. The number of allylic oxidation sites excluding steroid dienone is 1. The van der Waals surface area contributed by atoms with Crippen molar-refractivity contribution in [1.82, 2.24) is 4.98 Å². The Kier molecular flexibility index (Phi) is 4.30. The number of thiazole rings is 1. The first kappa shape index (κ1) is 14.7. The van der Waals surface area contributed by atoms with Crippen LogP contribution in [-0.2, 0) is 0 Å². The van der Waals surface area contributed by atoms with E-state index in [-0.39, 0.29) is 11.4 Å². The second-order valence-electron chi connectivity index (χ2n) is 4.15. The first-order valence-electron chi connectivity index (χ1n) is 5.92. The van der Waals surface area contributed by atoms with E-state index in [1.807, 2.05) is 12.3 Å². The Balaban J connectivity index is 2.46. The van der Waals surface area contributed by atoms with Gasteiger partial charge >= 0.3 is 5.69 Å². The minimum Gasteiger partial charge on any atom is -0.490 e. The number of nitro benzene ring substituents is 1. The van der Waals surface area contributed by atoms with Crippen molar-refractivity contribution in [2.24, 2.45) is 0 Å². The number of aromatic nitrogens is 1. The number of ether oxygens (including phenoxy) is 1. The van der Waals surface area contributed by atoms with Crippen LogP contribution in [0.5, 0.6) is 5.75 Å². The third-order valence-corrected chi connectivity index (χ3v) is 3.67. The van der Waals surface area contributed by atoms with Crippen LogP contribution in [0, 0.1) is 28.4 Å². The van der Waals surface area contributed by atoms with E-state index in [2.05, 4.69) is 11.1 Å². The van der Waals surface area contributed by atoms with Gasteiger partial charge in [0.25, 0.3) is 0 Å². The number of nitrogens with zero attached hydrogens (tertiary/aromatic N) is 3. The maximum absolute atomic E-state index is 11.0. The zero-order chi connectivity index (χ0) is 15.4. The molecule has 1 aromatic carbocycles. The molecule has 7 heteroatoms. The van der Waals surface area contributed by atoms with Crippen molar-refractivity contribution in [2.75, 3.05) is 7.11 Å². The molecule has 1 heterocycles. The van der Waals surface area contributed by atoms with Crippen LogP contribution in [0.2, 0.25) is 0 Å². The van der Waals surface area contributed by atoms with Crippen molar-refractivity contribution in [3.05, 3.63) is 50.0 Å². The van der Waals surface area contributed by atoms with Gasteiger partial charge in [0.05, 0.1) is 17.6 Å². The van der Waals surface area contributed by atoms with Crippen LogP contribution in [-0.4, -0.2) is 17.0 Å². The highest BCUT2D eigenvalue weighted by atomic mass is 32.1. The third-order valence-electron chi connectivity index (χ3n) is 2.68. The Bertz CT molecular complexity index is 759. The number of benzene rings is 1. The van der Waals surface area contributed by atoms with E-state index in [1.54, 1.807) is 12.1 Å². The molecule has 2 rings (SSSR count). The molecule has 0 aliphatic rings. The van der Waals surface area contributed by atoms with Crippen molar-refractivity contribution in [2.45, 2.75) is 6.92 Å². The molecular weight excluding hydrogens is 290 g/mol. The summed E-state index contributed by atoms with van der Waals surface area (Å²) < 4.78 is 4.94. The van der Waals surface area contributed by atoms with Gasteiger partial charge in [-0.1, -0.05) is 6.07 Å². The van der Waals surface area contributed by atoms with E-state index in [0.29, 0.717) is 16.1 Å². The number of rotatable bonds is 4. The van der Waals surface area contributed by atoms with Crippen LogP contribution in [0.25, 0.3) is 11.6 Å². The van der Waals surface area contributed by atoms with Crippen LogP contribution in [0.3, 0.4) is 0 Å². The van der Waals surface area contributed by atoms with Crippen molar-refractivity contribution in [3.8, 4) is 11.8 Å². The van der Waals surface area contributed by atoms with E-state index in [0.717, 1.165) is 5.69 Å². The average Bonchev–Trinajstić information content (AvgIpc) is 2.90. The lowest BCUT2D eigenvalue weighted by atomic mass is 10.1. The monoisotopic (exact) mass is 301 g/mol. The van der Waals surface area contributed by atoms with Crippen molar-refractivity contribution in [3.63, 3.8) is 0 Å². The summed E-state index contributed by atoms with van der Waals surface area (Å²) in [5, 5.41) is 22.6. The lowest BCUT2D eigenvalue weighted by Crippen LogP contribution is -1.94. The molecule has 0 bridgehead atoms. The standard InChI is InChI=1S/C14H11N3O3S/c1-9-8-21-14(16-9)11(7-15)5-10-3-4-13(20-2)12(6-10)17(18)19/h3-6,8H,1-2H3/b11-5-. The summed E-state index contributed by atoms with van der Waals surface area (Å²) in [6, 6.07) is 6.60. The Morgan fingerprint density at radius 2 is 2.33 bits per heavy atom. The molecule has 0 amide bonds. The summed E-state index contributed by atoms with van der Waals surface area (Å²) in [6.07, 6.45) is 1.57. The van der Waals surface area contributed by atoms with E-state index < -0.39 is 4.92 Å². The maximum Gasteiger partial charge on any atom is 0.311 e. The molecular formula is C14H11N3O3S. The first-order valence-corrected chi connectivity index (χ1v) is 6.80. The summed E-state index contributed by atoms with van der Waals surface area (Å²) in [5.74, 6) is 0.181. The van der Waals surface area contributed by atoms with Crippen molar-refractivity contribution >= 4 is 28.7 Å². The van der Waals surface area contributed by atoms with Crippen LogP contribution < -0.4 is 4.74 Å². The highest BCUT2D eigenvalue weighted by Crippen LogP contribution is 2.29. The topological polar surface area (TPSA) is 89.0 Å². The number of hydrogen-bond acceptors (Lipinski definition) is 6. The third kappa shape index (κ3) is 3.24. The summed E-state index contributed by atoms with van der Waals surface area (Å²) >= 11 is 1.36. The molecule has 0 atom stereocenters. The van der Waals surface area contributed by atoms with Crippen LogP contribution in [0.1, 0.15) is 16.3 Å². The Morgan fingerprint density at radius 1 is 1.57 bits per heavy atom. The van der Waals surface area contributed by atoms with Gasteiger partial charge in [-0.25, -0.2) is 4.98 Å².